The van der Waals surface area contributed by atoms with Crippen LogP contribution in [0.4, 0.5) is 30.4 Å². The lowest BCUT2D eigenvalue weighted by molar-refractivity contribution is -0.137. The number of hydrogen-bond donors (Lipinski definition) is 2. The van der Waals surface area contributed by atoms with Crippen molar-refractivity contribution in [3.8, 4) is 0 Å². The second kappa shape index (κ2) is 7.30. The van der Waals surface area contributed by atoms with E-state index in [1.807, 2.05) is 0 Å². The largest absolute Gasteiger partial charge is 0.416 e. The first-order valence-electron chi connectivity index (χ1n) is 8.15. The molecule has 1 aliphatic rings. The molecule has 3 N–H and O–H groups in total. The van der Waals surface area contributed by atoms with E-state index in [9.17, 15) is 22.8 Å². The van der Waals surface area contributed by atoms with Gasteiger partial charge in [-0.25, -0.2) is 9.97 Å². The van der Waals surface area contributed by atoms with Gasteiger partial charge >= 0.3 is 6.18 Å². The Morgan fingerprint density at radius 2 is 2.04 bits per heavy atom. The van der Waals surface area contributed by atoms with Crippen molar-refractivity contribution in [3.63, 3.8) is 0 Å². The number of benzene rings is 1. The normalized spacial score (nSPS) is 15.0. The first-order valence-corrected chi connectivity index (χ1v) is 9.03. The van der Waals surface area contributed by atoms with Crippen LogP contribution in [0.5, 0.6) is 0 Å². The highest BCUT2D eigenvalue weighted by Gasteiger charge is 2.35. The number of thioether (sulfide) groups is 1. The number of alkyl halides is 3. The molecule has 1 aromatic carbocycles. The molecule has 2 heterocycles. The van der Waals surface area contributed by atoms with E-state index in [1.165, 1.54) is 6.07 Å². The SMILES string of the molecule is Cc1cc(N)nc(SC(C)C(=O)N2CC(=O)Nc3cc(C(F)(F)F)ccc32)n1. The first kappa shape index (κ1) is 19.9. The Labute approximate surface area is 162 Å². The number of carbonyl (C=O) groups excluding carboxylic acids is 2. The molecule has 1 aliphatic heterocycles. The predicted molar refractivity (Wildman–Crippen MR) is 98.9 cm³/mol. The van der Waals surface area contributed by atoms with Crippen LogP contribution in [0.3, 0.4) is 0 Å². The van der Waals surface area contributed by atoms with E-state index in [-0.39, 0.29) is 23.7 Å². The number of nitrogens with zero attached hydrogens (tertiary/aromatic N) is 3. The van der Waals surface area contributed by atoms with Crippen LogP contribution in [-0.4, -0.2) is 33.6 Å². The summed E-state index contributed by atoms with van der Waals surface area (Å²) in [6, 6.07) is 4.45. The van der Waals surface area contributed by atoms with Gasteiger partial charge in [0.15, 0.2) is 5.16 Å². The highest BCUT2D eigenvalue weighted by atomic mass is 32.2. The molecule has 1 unspecified atom stereocenters. The third kappa shape index (κ3) is 4.19. The summed E-state index contributed by atoms with van der Waals surface area (Å²) in [4.78, 5) is 34.2. The first-order chi connectivity index (χ1) is 13.0. The zero-order valence-electron chi connectivity index (χ0n) is 14.9. The maximum Gasteiger partial charge on any atom is 0.416 e. The minimum Gasteiger partial charge on any atom is -0.384 e. The van der Waals surface area contributed by atoms with Crippen LogP contribution < -0.4 is 16.0 Å². The molecule has 7 nitrogen and oxygen atoms in total. The summed E-state index contributed by atoms with van der Waals surface area (Å²) in [5.74, 6) is -0.769. The maximum atomic E-state index is 12.9. The molecule has 0 saturated carbocycles. The van der Waals surface area contributed by atoms with Crippen molar-refractivity contribution >= 4 is 40.8 Å². The van der Waals surface area contributed by atoms with Gasteiger partial charge in [0, 0.05) is 11.8 Å². The number of anilines is 3. The molecule has 0 saturated heterocycles. The second-order valence-electron chi connectivity index (χ2n) is 6.18. The summed E-state index contributed by atoms with van der Waals surface area (Å²) in [7, 11) is 0. The fourth-order valence-corrected chi connectivity index (χ4v) is 3.61. The third-order valence-corrected chi connectivity index (χ3v) is 4.89. The van der Waals surface area contributed by atoms with Gasteiger partial charge in [-0.05, 0) is 32.0 Å². The van der Waals surface area contributed by atoms with E-state index < -0.39 is 28.8 Å². The number of hydrogen-bond acceptors (Lipinski definition) is 6. The molecule has 1 aromatic heterocycles. The Hall–Kier alpha value is -2.82. The lowest BCUT2D eigenvalue weighted by Gasteiger charge is -2.31. The maximum absolute atomic E-state index is 12.9. The number of nitrogens with two attached hydrogens (primary N) is 1. The standard InChI is InChI=1S/C17H16F3N5O2S/c1-8-5-13(21)24-16(22-8)28-9(2)15(27)25-7-14(26)23-11-6-10(17(18,19)20)3-4-12(11)25/h3-6,9H,7H2,1-2H3,(H,23,26)(H2,21,22,24). The predicted octanol–water partition coefficient (Wildman–Crippen LogP) is 2.85. The van der Waals surface area contributed by atoms with Gasteiger partial charge in [0.2, 0.25) is 11.8 Å². The van der Waals surface area contributed by atoms with Crippen LogP contribution >= 0.6 is 11.8 Å². The molecule has 0 fully saturated rings. The van der Waals surface area contributed by atoms with Crippen LogP contribution in [0.25, 0.3) is 0 Å². The zero-order valence-corrected chi connectivity index (χ0v) is 15.7. The molecule has 3 rings (SSSR count). The quantitative estimate of drug-likeness (QED) is 0.595. The van der Waals surface area contributed by atoms with Crippen molar-refractivity contribution in [2.45, 2.75) is 30.4 Å². The van der Waals surface area contributed by atoms with E-state index in [1.54, 1.807) is 19.9 Å². The smallest absolute Gasteiger partial charge is 0.384 e. The summed E-state index contributed by atoms with van der Waals surface area (Å²) < 4.78 is 38.8. The number of aryl methyl sites for hydroxylation is 1. The molecule has 0 radical (unpaired) electrons. The Morgan fingerprint density at radius 3 is 2.68 bits per heavy atom. The van der Waals surface area contributed by atoms with Crippen LogP contribution in [0, 0.1) is 6.92 Å². The molecule has 2 aromatic rings. The van der Waals surface area contributed by atoms with Crippen LogP contribution in [0.2, 0.25) is 0 Å². The third-order valence-electron chi connectivity index (χ3n) is 3.94. The summed E-state index contributed by atoms with van der Waals surface area (Å²) in [5.41, 5.74) is 5.55. The van der Waals surface area contributed by atoms with Crippen LogP contribution in [0.1, 0.15) is 18.2 Å². The Bertz CT molecular complexity index is 931. The van der Waals surface area contributed by atoms with Gasteiger partial charge in [-0.2, -0.15) is 13.2 Å². The minimum absolute atomic E-state index is 0.0623. The number of aromatic nitrogens is 2. The molecule has 11 heteroatoms. The molecular formula is C17H16F3N5O2S. The minimum atomic E-state index is -4.56. The van der Waals surface area contributed by atoms with E-state index in [2.05, 4.69) is 15.3 Å². The van der Waals surface area contributed by atoms with Crippen molar-refractivity contribution in [2.75, 3.05) is 22.5 Å². The molecule has 1 atom stereocenters. The van der Waals surface area contributed by atoms with Gasteiger partial charge in [0.05, 0.1) is 22.2 Å². The van der Waals surface area contributed by atoms with Gasteiger partial charge < -0.3 is 11.1 Å². The Balaban J connectivity index is 1.87. The monoisotopic (exact) mass is 411 g/mol. The highest BCUT2D eigenvalue weighted by molar-refractivity contribution is 8.00. The van der Waals surface area contributed by atoms with Crippen molar-refractivity contribution in [3.05, 3.63) is 35.5 Å². The van der Waals surface area contributed by atoms with Crippen LogP contribution in [0.15, 0.2) is 29.4 Å². The number of rotatable bonds is 3. The fourth-order valence-electron chi connectivity index (χ4n) is 2.71. The van der Waals surface area contributed by atoms with E-state index >= 15 is 0 Å². The van der Waals surface area contributed by atoms with Gasteiger partial charge in [-0.1, -0.05) is 11.8 Å². The fraction of sp³-hybridized carbons (Fsp3) is 0.294. The topological polar surface area (TPSA) is 101 Å². The summed E-state index contributed by atoms with van der Waals surface area (Å²) in [6.07, 6.45) is -4.56. The molecule has 28 heavy (non-hydrogen) atoms. The number of carbonyl (C=O) groups is 2. The number of halogens is 3. The van der Waals surface area contributed by atoms with Crippen molar-refractivity contribution in [2.24, 2.45) is 0 Å². The summed E-state index contributed by atoms with van der Waals surface area (Å²) in [5, 5.41) is 1.99. The second-order valence-corrected chi connectivity index (χ2v) is 7.49. The highest BCUT2D eigenvalue weighted by Crippen LogP contribution is 2.37. The molecular weight excluding hydrogens is 395 g/mol. The lowest BCUT2D eigenvalue weighted by atomic mass is 10.1. The number of nitrogen functional groups attached to an aromatic ring is 1. The van der Waals surface area contributed by atoms with Gasteiger partial charge in [0.25, 0.3) is 0 Å². The van der Waals surface area contributed by atoms with E-state index in [0.717, 1.165) is 28.8 Å². The number of nitrogens with one attached hydrogen (secondary N) is 1. The molecule has 0 spiro atoms. The molecule has 0 bridgehead atoms. The van der Waals surface area contributed by atoms with Crippen LogP contribution in [-0.2, 0) is 15.8 Å². The Kier molecular flexibility index (Phi) is 5.20. The average molecular weight is 411 g/mol. The number of amides is 2. The summed E-state index contributed by atoms with van der Waals surface area (Å²) in [6.45, 7) is 3.04. The number of fused-ring (bicyclic) bond motifs is 1. The van der Waals surface area contributed by atoms with E-state index in [4.69, 9.17) is 5.73 Å². The molecule has 2 amide bonds. The molecule has 0 aliphatic carbocycles. The van der Waals surface area contributed by atoms with Crippen molar-refractivity contribution in [1.82, 2.24) is 9.97 Å². The Morgan fingerprint density at radius 1 is 1.32 bits per heavy atom. The van der Waals surface area contributed by atoms with Gasteiger partial charge in [-0.15, -0.1) is 0 Å². The zero-order chi connectivity index (χ0) is 20.6. The average Bonchev–Trinajstić information content (AvgIpc) is 2.58. The van der Waals surface area contributed by atoms with Crippen molar-refractivity contribution in [1.29, 1.82) is 0 Å². The lowest BCUT2D eigenvalue weighted by Crippen LogP contribution is -2.45. The molecule has 148 valence electrons. The van der Waals surface area contributed by atoms with Crippen molar-refractivity contribution < 1.29 is 22.8 Å². The van der Waals surface area contributed by atoms with Gasteiger partial charge in [0.1, 0.15) is 12.4 Å². The van der Waals surface area contributed by atoms with Gasteiger partial charge in [-0.3, -0.25) is 14.5 Å². The summed E-state index contributed by atoms with van der Waals surface area (Å²) >= 11 is 1.05. The van der Waals surface area contributed by atoms with E-state index in [0.29, 0.717) is 10.9 Å².